The van der Waals surface area contributed by atoms with Crippen LogP contribution in [0.2, 0.25) is 0 Å². The zero-order valence-electron chi connectivity index (χ0n) is 6.89. The average molecular weight is 194 g/mol. The Labute approximate surface area is 77.8 Å². The van der Waals surface area contributed by atoms with Crippen LogP contribution in [0, 0.1) is 0 Å². The van der Waals surface area contributed by atoms with E-state index in [1.807, 2.05) is 0 Å². The number of carbonyl (C=O) groups is 1. The maximum absolute atomic E-state index is 10.6. The quantitative estimate of drug-likeness (QED) is 0.640. The molecule has 0 aliphatic carbocycles. The molecule has 1 aromatic carbocycles. The second-order valence-electron chi connectivity index (χ2n) is 2.78. The van der Waals surface area contributed by atoms with Crippen LogP contribution in [-0.4, -0.2) is 21.3 Å². The van der Waals surface area contributed by atoms with E-state index in [4.69, 9.17) is 10.2 Å². The van der Waals surface area contributed by atoms with Gasteiger partial charge in [-0.3, -0.25) is 0 Å². The zero-order valence-corrected chi connectivity index (χ0v) is 6.89. The molecule has 5 nitrogen and oxygen atoms in total. The highest BCUT2D eigenvalue weighted by molar-refractivity contribution is 5.97. The molecule has 72 valence electrons. The number of furan rings is 1. The van der Waals surface area contributed by atoms with Crippen LogP contribution in [0.5, 0.6) is 11.9 Å². The molecule has 0 amide bonds. The minimum atomic E-state index is -1.10. The lowest BCUT2D eigenvalue weighted by atomic mass is 10.1. The lowest BCUT2D eigenvalue weighted by Gasteiger charge is -1.93. The largest absolute Gasteiger partial charge is 0.480 e. The van der Waals surface area contributed by atoms with Crippen LogP contribution in [0.25, 0.3) is 10.8 Å². The van der Waals surface area contributed by atoms with Crippen LogP contribution in [0.1, 0.15) is 10.4 Å². The highest BCUT2D eigenvalue weighted by Crippen LogP contribution is 2.35. The Morgan fingerprint density at radius 1 is 1.14 bits per heavy atom. The monoisotopic (exact) mass is 194 g/mol. The molecule has 14 heavy (non-hydrogen) atoms. The molecule has 0 aliphatic rings. The molecule has 0 spiro atoms. The first-order chi connectivity index (χ1) is 6.59. The van der Waals surface area contributed by atoms with Gasteiger partial charge in [0.15, 0.2) is 0 Å². The van der Waals surface area contributed by atoms with Crippen molar-refractivity contribution in [3.8, 4) is 11.9 Å². The third-order valence-electron chi connectivity index (χ3n) is 1.92. The highest BCUT2D eigenvalue weighted by atomic mass is 16.5. The van der Waals surface area contributed by atoms with Gasteiger partial charge in [0, 0.05) is 0 Å². The van der Waals surface area contributed by atoms with Crippen molar-refractivity contribution < 1.29 is 24.5 Å². The summed E-state index contributed by atoms with van der Waals surface area (Å²) >= 11 is 0. The average Bonchev–Trinajstić information content (AvgIpc) is 2.42. The Morgan fingerprint density at radius 2 is 1.79 bits per heavy atom. The fraction of sp³-hybridized carbons (Fsp3) is 0. The molecule has 0 bridgehead atoms. The second-order valence-corrected chi connectivity index (χ2v) is 2.78. The number of hydrogen-bond donors (Lipinski definition) is 3. The van der Waals surface area contributed by atoms with Crippen molar-refractivity contribution in [3.05, 3.63) is 23.8 Å². The summed E-state index contributed by atoms with van der Waals surface area (Å²) in [5.74, 6) is -2.01. The summed E-state index contributed by atoms with van der Waals surface area (Å²) < 4.78 is 4.52. The molecular formula is C9H6O5. The summed E-state index contributed by atoms with van der Waals surface area (Å²) in [4.78, 5) is 10.6. The zero-order chi connectivity index (χ0) is 10.3. The van der Waals surface area contributed by atoms with Gasteiger partial charge >= 0.3 is 5.97 Å². The van der Waals surface area contributed by atoms with Crippen LogP contribution >= 0.6 is 0 Å². The topological polar surface area (TPSA) is 90.9 Å². The van der Waals surface area contributed by atoms with Crippen LogP contribution < -0.4 is 0 Å². The van der Waals surface area contributed by atoms with E-state index in [-0.39, 0.29) is 16.3 Å². The molecule has 3 N–H and O–H groups in total. The van der Waals surface area contributed by atoms with Crippen LogP contribution in [-0.2, 0) is 0 Å². The molecule has 2 rings (SSSR count). The van der Waals surface area contributed by atoms with Crippen LogP contribution in [0.15, 0.2) is 22.6 Å². The van der Waals surface area contributed by atoms with Crippen molar-refractivity contribution in [1.29, 1.82) is 0 Å². The lowest BCUT2D eigenvalue weighted by Crippen LogP contribution is -1.94. The van der Waals surface area contributed by atoms with E-state index >= 15 is 0 Å². The Bertz CT molecular complexity index is 511. The van der Waals surface area contributed by atoms with Gasteiger partial charge in [0.2, 0.25) is 0 Å². The predicted octanol–water partition coefficient (Wildman–Crippen LogP) is 1.54. The molecule has 0 unspecified atom stereocenters. The number of carboxylic acids is 1. The first-order valence-corrected chi connectivity index (χ1v) is 3.77. The van der Waals surface area contributed by atoms with Gasteiger partial charge in [0.25, 0.3) is 11.9 Å². The number of hydrogen-bond acceptors (Lipinski definition) is 4. The van der Waals surface area contributed by atoms with Crippen LogP contribution in [0.4, 0.5) is 0 Å². The van der Waals surface area contributed by atoms with E-state index in [9.17, 15) is 9.90 Å². The number of aromatic hydroxyl groups is 2. The Hall–Kier alpha value is -2.17. The Morgan fingerprint density at radius 3 is 2.43 bits per heavy atom. The fourth-order valence-corrected chi connectivity index (χ4v) is 1.24. The number of rotatable bonds is 1. The normalized spacial score (nSPS) is 10.6. The SMILES string of the molecule is O=C(O)c1ccc2c(O)oc(O)c2c1. The van der Waals surface area contributed by atoms with Crippen molar-refractivity contribution in [2.45, 2.75) is 0 Å². The van der Waals surface area contributed by atoms with Crippen molar-refractivity contribution in [2.24, 2.45) is 0 Å². The lowest BCUT2D eigenvalue weighted by molar-refractivity contribution is 0.0697. The van der Waals surface area contributed by atoms with Crippen LogP contribution in [0.3, 0.4) is 0 Å². The fourth-order valence-electron chi connectivity index (χ4n) is 1.24. The molecule has 2 aromatic rings. The molecular weight excluding hydrogens is 188 g/mol. The number of aromatic carboxylic acids is 1. The van der Waals surface area contributed by atoms with Crippen molar-refractivity contribution >= 4 is 16.7 Å². The summed E-state index contributed by atoms with van der Waals surface area (Å²) in [6.45, 7) is 0. The van der Waals surface area contributed by atoms with Crippen molar-refractivity contribution in [1.82, 2.24) is 0 Å². The summed E-state index contributed by atoms with van der Waals surface area (Å²) in [5.41, 5.74) is 0.0219. The molecule has 1 heterocycles. The summed E-state index contributed by atoms with van der Waals surface area (Å²) in [6.07, 6.45) is 0. The van der Waals surface area contributed by atoms with Gasteiger partial charge in [-0.05, 0) is 18.2 Å². The highest BCUT2D eigenvalue weighted by Gasteiger charge is 2.13. The minimum absolute atomic E-state index is 0.0219. The summed E-state index contributed by atoms with van der Waals surface area (Å²) in [7, 11) is 0. The van der Waals surface area contributed by atoms with E-state index in [1.165, 1.54) is 18.2 Å². The van der Waals surface area contributed by atoms with Gasteiger partial charge in [0.1, 0.15) is 0 Å². The van der Waals surface area contributed by atoms with E-state index in [0.29, 0.717) is 0 Å². The smallest absolute Gasteiger partial charge is 0.335 e. The Balaban J connectivity index is 2.77. The molecule has 1 aromatic heterocycles. The van der Waals surface area contributed by atoms with Crippen molar-refractivity contribution in [2.75, 3.05) is 0 Å². The van der Waals surface area contributed by atoms with E-state index < -0.39 is 17.9 Å². The molecule has 0 fully saturated rings. The van der Waals surface area contributed by atoms with Gasteiger partial charge in [-0.15, -0.1) is 0 Å². The number of benzene rings is 1. The van der Waals surface area contributed by atoms with Gasteiger partial charge < -0.3 is 19.7 Å². The van der Waals surface area contributed by atoms with E-state index in [1.54, 1.807) is 0 Å². The van der Waals surface area contributed by atoms with Gasteiger partial charge in [-0.25, -0.2) is 4.79 Å². The number of carboxylic acid groups (broad SMARTS) is 1. The molecule has 0 atom stereocenters. The molecule has 0 saturated carbocycles. The standard InChI is InChI=1S/C9H6O5/c10-7(11)4-1-2-5-6(3-4)9(13)14-8(5)12/h1-3,12-13H,(H,10,11). The molecule has 0 radical (unpaired) electrons. The third kappa shape index (κ3) is 1.06. The predicted molar refractivity (Wildman–Crippen MR) is 46.5 cm³/mol. The summed E-state index contributed by atoms with van der Waals surface area (Å²) in [5, 5.41) is 27.5. The Kier molecular flexibility index (Phi) is 1.60. The van der Waals surface area contributed by atoms with E-state index in [2.05, 4.69) is 4.42 Å². The molecule has 5 heteroatoms. The summed E-state index contributed by atoms with van der Waals surface area (Å²) in [6, 6.07) is 3.92. The van der Waals surface area contributed by atoms with Gasteiger partial charge in [-0.1, -0.05) is 0 Å². The first kappa shape index (κ1) is 8.43. The van der Waals surface area contributed by atoms with Gasteiger partial charge in [0.05, 0.1) is 16.3 Å². The van der Waals surface area contributed by atoms with E-state index in [0.717, 1.165) is 0 Å². The third-order valence-corrected chi connectivity index (χ3v) is 1.92. The van der Waals surface area contributed by atoms with Gasteiger partial charge in [-0.2, -0.15) is 0 Å². The molecule has 0 saturated heterocycles. The number of fused-ring (bicyclic) bond motifs is 1. The molecule has 0 aliphatic heterocycles. The van der Waals surface area contributed by atoms with Crippen molar-refractivity contribution in [3.63, 3.8) is 0 Å². The minimum Gasteiger partial charge on any atom is -0.480 e. The second kappa shape index (κ2) is 2.66. The maximum Gasteiger partial charge on any atom is 0.335 e. The maximum atomic E-state index is 10.6. The first-order valence-electron chi connectivity index (χ1n) is 3.77.